The molecule has 2 heteroatoms. The van der Waals surface area contributed by atoms with Crippen LogP contribution >= 0.6 is 0 Å². The molecule has 19 heavy (non-hydrogen) atoms. The van der Waals surface area contributed by atoms with Gasteiger partial charge >= 0.3 is 0 Å². The van der Waals surface area contributed by atoms with Crippen molar-refractivity contribution in [3.8, 4) is 0 Å². The minimum atomic E-state index is 0.515. The van der Waals surface area contributed by atoms with E-state index in [2.05, 4.69) is 55.4 Å². The maximum atomic E-state index is 3.44. The summed E-state index contributed by atoms with van der Waals surface area (Å²) in [5, 5.41) is 3.44. The highest BCUT2D eigenvalue weighted by Gasteiger charge is 2.18. The Hall–Kier alpha value is -0.860. The van der Waals surface area contributed by atoms with E-state index in [4.69, 9.17) is 0 Å². The number of nitrogens with one attached hydrogen (secondary N) is 1. The highest BCUT2D eigenvalue weighted by molar-refractivity contribution is 5.24. The van der Waals surface area contributed by atoms with Gasteiger partial charge in [-0.05, 0) is 63.4 Å². The van der Waals surface area contributed by atoms with E-state index in [1.165, 1.54) is 43.6 Å². The number of aryl methyl sites for hydroxylation is 1. The summed E-state index contributed by atoms with van der Waals surface area (Å²) in [7, 11) is 2.26. The third-order valence-corrected chi connectivity index (χ3v) is 4.54. The Morgan fingerprint density at radius 2 is 1.84 bits per heavy atom. The molecule has 1 heterocycles. The molecule has 1 unspecified atom stereocenters. The lowest BCUT2D eigenvalue weighted by atomic mass is 9.96. The Kier molecular flexibility index (Phi) is 5.41. The molecule has 0 aromatic heterocycles. The number of hydrogen-bond acceptors (Lipinski definition) is 2. The van der Waals surface area contributed by atoms with Gasteiger partial charge in [0.15, 0.2) is 0 Å². The van der Waals surface area contributed by atoms with E-state index in [0.29, 0.717) is 6.04 Å². The van der Waals surface area contributed by atoms with Crippen LogP contribution in [0.2, 0.25) is 0 Å². The molecular formula is C17H28N2. The number of rotatable bonds is 5. The fourth-order valence-electron chi connectivity index (χ4n) is 2.92. The Bertz CT molecular complexity index is 365. The molecule has 1 aliphatic heterocycles. The van der Waals surface area contributed by atoms with E-state index >= 15 is 0 Å². The first-order chi connectivity index (χ1) is 9.20. The van der Waals surface area contributed by atoms with Crippen LogP contribution in [0.1, 0.15) is 43.9 Å². The molecule has 0 spiro atoms. The molecule has 0 radical (unpaired) electrons. The highest BCUT2D eigenvalue weighted by atomic mass is 15.1. The Balaban J connectivity index is 1.91. The maximum Gasteiger partial charge on any atom is 0.0316 e. The van der Waals surface area contributed by atoms with Gasteiger partial charge in [0.05, 0.1) is 0 Å². The van der Waals surface area contributed by atoms with E-state index in [9.17, 15) is 0 Å². The molecule has 0 bridgehead atoms. The lowest BCUT2D eigenvalue weighted by molar-refractivity contribution is 0.196. The summed E-state index contributed by atoms with van der Waals surface area (Å²) in [6, 6.07) is 9.64. The first-order valence-corrected chi connectivity index (χ1v) is 7.70. The van der Waals surface area contributed by atoms with Crippen molar-refractivity contribution in [3.05, 3.63) is 35.4 Å². The van der Waals surface area contributed by atoms with Gasteiger partial charge in [-0.2, -0.15) is 0 Å². The molecule has 1 fully saturated rings. The molecule has 106 valence electrons. The van der Waals surface area contributed by atoms with Gasteiger partial charge < -0.3 is 5.32 Å². The van der Waals surface area contributed by atoms with Crippen LogP contribution in [0, 0.1) is 5.92 Å². The van der Waals surface area contributed by atoms with Gasteiger partial charge in [0.2, 0.25) is 0 Å². The van der Waals surface area contributed by atoms with Gasteiger partial charge in [-0.15, -0.1) is 0 Å². The summed E-state index contributed by atoms with van der Waals surface area (Å²) < 4.78 is 0. The van der Waals surface area contributed by atoms with Gasteiger partial charge in [-0.3, -0.25) is 4.90 Å². The van der Waals surface area contributed by atoms with Gasteiger partial charge in [0.1, 0.15) is 0 Å². The minimum Gasteiger partial charge on any atom is -0.317 e. The lowest BCUT2D eigenvalue weighted by Crippen LogP contribution is -2.35. The van der Waals surface area contributed by atoms with Crippen molar-refractivity contribution in [2.45, 2.75) is 39.2 Å². The van der Waals surface area contributed by atoms with Crippen LogP contribution in [0.25, 0.3) is 0 Å². The zero-order valence-electron chi connectivity index (χ0n) is 12.7. The molecule has 1 aromatic carbocycles. The normalized spacial score (nSPS) is 18.7. The monoisotopic (exact) mass is 260 g/mol. The summed E-state index contributed by atoms with van der Waals surface area (Å²) in [6.45, 7) is 8.14. The van der Waals surface area contributed by atoms with Crippen molar-refractivity contribution >= 4 is 0 Å². The molecule has 1 atom stereocenters. The van der Waals surface area contributed by atoms with Crippen LogP contribution in [-0.4, -0.2) is 31.6 Å². The Morgan fingerprint density at radius 3 is 2.42 bits per heavy atom. The topological polar surface area (TPSA) is 15.3 Å². The van der Waals surface area contributed by atoms with Gasteiger partial charge in [-0.25, -0.2) is 0 Å². The molecule has 0 saturated carbocycles. The summed E-state index contributed by atoms with van der Waals surface area (Å²) in [5.74, 6) is 0.864. The second-order valence-electron chi connectivity index (χ2n) is 5.90. The summed E-state index contributed by atoms with van der Waals surface area (Å²) in [4.78, 5) is 2.51. The fourth-order valence-corrected chi connectivity index (χ4v) is 2.92. The molecule has 1 aliphatic rings. The molecule has 1 saturated heterocycles. The highest BCUT2D eigenvalue weighted by Crippen LogP contribution is 2.22. The molecule has 0 aliphatic carbocycles. The molecule has 0 amide bonds. The zero-order chi connectivity index (χ0) is 13.7. The lowest BCUT2D eigenvalue weighted by Gasteiger charge is -2.31. The van der Waals surface area contributed by atoms with E-state index in [0.717, 1.165) is 12.3 Å². The Labute approximate surface area is 118 Å². The van der Waals surface area contributed by atoms with E-state index < -0.39 is 0 Å². The smallest absolute Gasteiger partial charge is 0.0316 e. The Morgan fingerprint density at radius 1 is 1.21 bits per heavy atom. The third-order valence-electron chi connectivity index (χ3n) is 4.54. The second-order valence-corrected chi connectivity index (χ2v) is 5.90. The first kappa shape index (κ1) is 14.5. The van der Waals surface area contributed by atoms with Crippen molar-refractivity contribution < 1.29 is 0 Å². The van der Waals surface area contributed by atoms with Crippen molar-refractivity contribution in [1.82, 2.24) is 10.2 Å². The van der Waals surface area contributed by atoms with Crippen molar-refractivity contribution in [2.24, 2.45) is 5.92 Å². The molecule has 1 N–H and O–H groups in total. The van der Waals surface area contributed by atoms with Crippen LogP contribution in [0.3, 0.4) is 0 Å². The molecule has 2 nitrogen and oxygen atoms in total. The van der Waals surface area contributed by atoms with Crippen LogP contribution in [0.15, 0.2) is 24.3 Å². The molecular weight excluding hydrogens is 232 g/mol. The summed E-state index contributed by atoms with van der Waals surface area (Å²) >= 11 is 0. The predicted molar refractivity (Wildman–Crippen MR) is 82.5 cm³/mol. The van der Waals surface area contributed by atoms with Crippen LogP contribution in [-0.2, 0) is 6.42 Å². The van der Waals surface area contributed by atoms with Crippen molar-refractivity contribution in [2.75, 3.05) is 26.7 Å². The largest absolute Gasteiger partial charge is 0.317 e. The minimum absolute atomic E-state index is 0.515. The number of piperidine rings is 1. The standard InChI is InChI=1S/C17H28N2/c1-4-15-5-7-17(8-6-15)14(2)19(3)13-16-9-11-18-12-10-16/h5-8,14,16,18H,4,9-13H2,1-3H3. The van der Waals surface area contributed by atoms with Crippen LogP contribution in [0.4, 0.5) is 0 Å². The predicted octanol–water partition coefficient (Wildman–Crippen LogP) is 3.24. The molecule has 1 aromatic rings. The van der Waals surface area contributed by atoms with Gasteiger partial charge in [0, 0.05) is 12.6 Å². The maximum absolute atomic E-state index is 3.44. The van der Waals surface area contributed by atoms with E-state index in [1.807, 2.05) is 0 Å². The van der Waals surface area contributed by atoms with Crippen LogP contribution < -0.4 is 5.32 Å². The van der Waals surface area contributed by atoms with Crippen molar-refractivity contribution in [3.63, 3.8) is 0 Å². The first-order valence-electron chi connectivity index (χ1n) is 7.70. The quantitative estimate of drug-likeness (QED) is 0.874. The van der Waals surface area contributed by atoms with E-state index in [1.54, 1.807) is 0 Å². The number of hydrogen-bond donors (Lipinski definition) is 1. The van der Waals surface area contributed by atoms with Gasteiger partial charge in [-0.1, -0.05) is 31.2 Å². The number of nitrogens with zero attached hydrogens (tertiary/aromatic N) is 1. The van der Waals surface area contributed by atoms with E-state index in [-0.39, 0.29) is 0 Å². The van der Waals surface area contributed by atoms with Crippen molar-refractivity contribution in [1.29, 1.82) is 0 Å². The summed E-state index contributed by atoms with van der Waals surface area (Å²) in [5.41, 5.74) is 2.87. The average Bonchev–Trinajstić information content (AvgIpc) is 2.47. The fraction of sp³-hybridized carbons (Fsp3) is 0.647. The van der Waals surface area contributed by atoms with Gasteiger partial charge in [0.25, 0.3) is 0 Å². The summed E-state index contributed by atoms with van der Waals surface area (Å²) in [6.07, 6.45) is 3.78. The second kappa shape index (κ2) is 7.06. The average molecular weight is 260 g/mol. The number of benzene rings is 1. The van der Waals surface area contributed by atoms with Crippen LogP contribution in [0.5, 0.6) is 0 Å². The SMILES string of the molecule is CCc1ccc(C(C)N(C)CC2CCNCC2)cc1. The zero-order valence-corrected chi connectivity index (χ0v) is 12.7. The molecule has 2 rings (SSSR count). The third kappa shape index (κ3) is 4.05.